The predicted molar refractivity (Wildman–Crippen MR) is 56.5 cm³/mol. The number of nitrogen functional groups attached to an aromatic ring is 1. The van der Waals surface area contributed by atoms with Crippen LogP contribution in [0.2, 0.25) is 0 Å². The fraction of sp³-hybridized carbons (Fsp3) is 0.500. The number of H-pyrrole nitrogens is 1. The zero-order valence-electron chi connectivity index (χ0n) is 7.53. The standard InChI is InChI=1S/C8H11N3O2S/c9-5-4-11(6-2-1-3-14-6)8(13)10-7(5)12/h4,6H,1-3,9H2,(H,10,12,13). The van der Waals surface area contributed by atoms with Crippen molar-refractivity contribution in [1.29, 1.82) is 0 Å². The van der Waals surface area contributed by atoms with Crippen LogP contribution in [-0.2, 0) is 0 Å². The summed E-state index contributed by atoms with van der Waals surface area (Å²) in [5.74, 6) is 1.05. The zero-order chi connectivity index (χ0) is 10.1. The second-order valence-electron chi connectivity index (χ2n) is 3.22. The molecule has 1 unspecified atom stereocenters. The number of thioether (sulfide) groups is 1. The molecule has 1 fully saturated rings. The lowest BCUT2D eigenvalue weighted by molar-refractivity contribution is 0.606. The Labute approximate surface area is 84.3 Å². The predicted octanol–water partition coefficient (Wildman–Crippen LogP) is 0.144. The van der Waals surface area contributed by atoms with Gasteiger partial charge in [0.2, 0.25) is 0 Å². The van der Waals surface area contributed by atoms with Gasteiger partial charge >= 0.3 is 5.69 Å². The smallest absolute Gasteiger partial charge is 0.329 e. The summed E-state index contributed by atoms with van der Waals surface area (Å²) in [7, 11) is 0. The van der Waals surface area contributed by atoms with Crippen LogP contribution in [0.5, 0.6) is 0 Å². The van der Waals surface area contributed by atoms with E-state index >= 15 is 0 Å². The highest BCUT2D eigenvalue weighted by atomic mass is 32.2. The highest BCUT2D eigenvalue weighted by Crippen LogP contribution is 2.34. The molecule has 2 heterocycles. The first-order chi connectivity index (χ1) is 6.68. The number of aromatic amines is 1. The Kier molecular flexibility index (Phi) is 2.37. The summed E-state index contributed by atoms with van der Waals surface area (Å²) >= 11 is 1.71. The lowest BCUT2D eigenvalue weighted by atomic mass is 10.3. The molecule has 1 saturated heterocycles. The second-order valence-corrected chi connectivity index (χ2v) is 4.50. The number of rotatable bonds is 1. The molecule has 0 bridgehead atoms. The van der Waals surface area contributed by atoms with Crippen LogP contribution in [0.15, 0.2) is 15.8 Å². The minimum atomic E-state index is -0.505. The van der Waals surface area contributed by atoms with Gasteiger partial charge in [-0.15, -0.1) is 11.8 Å². The molecule has 0 radical (unpaired) electrons. The number of nitrogens with zero attached hydrogens (tertiary/aromatic N) is 1. The maximum absolute atomic E-state index is 11.4. The molecule has 0 spiro atoms. The van der Waals surface area contributed by atoms with Gasteiger partial charge in [-0.2, -0.15) is 0 Å². The first-order valence-electron chi connectivity index (χ1n) is 4.41. The number of hydrogen-bond acceptors (Lipinski definition) is 4. The van der Waals surface area contributed by atoms with E-state index in [9.17, 15) is 9.59 Å². The average Bonchev–Trinajstić information content (AvgIpc) is 2.64. The van der Waals surface area contributed by atoms with E-state index in [1.165, 1.54) is 10.8 Å². The molecule has 0 aromatic carbocycles. The molecule has 1 aromatic rings. The molecule has 6 heteroatoms. The molecule has 0 aliphatic carbocycles. The molecule has 1 aromatic heterocycles. The van der Waals surface area contributed by atoms with Gasteiger partial charge < -0.3 is 5.73 Å². The summed E-state index contributed by atoms with van der Waals surface area (Å²) in [6, 6.07) is 0. The molecular weight excluding hydrogens is 202 g/mol. The maximum Gasteiger partial charge on any atom is 0.329 e. The number of nitrogens with two attached hydrogens (primary N) is 1. The summed E-state index contributed by atoms with van der Waals surface area (Å²) in [4.78, 5) is 24.6. The third kappa shape index (κ3) is 1.57. The van der Waals surface area contributed by atoms with Crippen molar-refractivity contribution in [1.82, 2.24) is 9.55 Å². The number of hydrogen-bond donors (Lipinski definition) is 2. The SMILES string of the molecule is Nc1cn(C2CCCS2)c(=O)[nH]c1=O. The van der Waals surface area contributed by atoms with Crippen molar-refractivity contribution in [3.05, 3.63) is 27.0 Å². The van der Waals surface area contributed by atoms with Crippen LogP contribution in [0.1, 0.15) is 18.2 Å². The van der Waals surface area contributed by atoms with Gasteiger partial charge in [0.05, 0.1) is 5.37 Å². The van der Waals surface area contributed by atoms with Gasteiger partial charge in [0.15, 0.2) is 0 Å². The van der Waals surface area contributed by atoms with Gasteiger partial charge in [-0.3, -0.25) is 14.3 Å². The number of anilines is 1. The monoisotopic (exact) mass is 213 g/mol. The summed E-state index contributed by atoms with van der Waals surface area (Å²) < 4.78 is 1.51. The Morgan fingerprint density at radius 1 is 1.57 bits per heavy atom. The molecule has 2 rings (SSSR count). The number of nitrogens with one attached hydrogen (secondary N) is 1. The van der Waals surface area contributed by atoms with Crippen molar-refractivity contribution in [2.75, 3.05) is 11.5 Å². The van der Waals surface area contributed by atoms with Crippen LogP contribution in [0, 0.1) is 0 Å². The van der Waals surface area contributed by atoms with E-state index in [4.69, 9.17) is 5.73 Å². The molecule has 76 valence electrons. The van der Waals surface area contributed by atoms with E-state index in [-0.39, 0.29) is 16.8 Å². The van der Waals surface area contributed by atoms with E-state index in [0.717, 1.165) is 18.6 Å². The Morgan fingerprint density at radius 2 is 2.36 bits per heavy atom. The number of aromatic nitrogens is 2. The molecular formula is C8H11N3O2S. The quantitative estimate of drug-likeness (QED) is 0.695. The lowest BCUT2D eigenvalue weighted by Crippen LogP contribution is -2.32. The van der Waals surface area contributed by atoms with E-state index in [1.54, 1.807) is 11.8 Å². The van der Waals surface area contributed by atoms with Gasteiger partial charge in [-0.05, 0) is 18.6 Å². The van der Waals surface area contributed by atoms with Crippen molar-refractivity contribution in [2.24, 2.45) is 0 Å². The van der Waals surface area contributed by atoms with Crippen molar-refractivity contribution in [3.63, 3.8) is 0 Å². The Hall–Kier alpha value is -1.17. The molecule has 1 atom stereocenters. The third-order valence-electron chi connectivity index (χ3n) is 2.21. The van der Waals surface area contributed by atoms with Crippen LogP contribution < -0.4 is 17.0 Å². The second kappa shape index (κ2) is 3.53. The van der Waals surface area contributed by atoms with Crippen LogP contribution in [-0.4, -0.2) is 15.3 Å². The molecule has 3 N–H and O–H groups in total. The summed E-state index contributed by atoms with van der Waals surface area (Å²) in [5, 5.41) is 0.127. The van der Waals surface area contributed by atoms with Crippen LogP contribution in [0.25, 0.3) is 0 Å². The molecule has 14 heavy (non-hydrogen) atoms. The molecule has 1 aliphatic rings. The van der Waals surface area contributed by atoms with E-state index in [0.29, 0.717) is 0 Å². The van der Waals surface area contributed by atoms with Gasteiger partial charge in [0.1, 0.15) is 5.69 Å². The van der Waals surface area contributed by atoms with Crippen molar-refractivity contribution in [3.8, 4) is 0 Å². The van der Waals surface area contributed by atoms with Crippen LogP contribution in [0.3, 0.4) is 0 Å². The Balaban J connectivity index is 2.47. The normalized spacial score (nSPS) is 21.3. The Morgan fingerprint density at radius 3 is 3.00 bits per heavy atom. The minimum Gasteiger partial charge on any atom is -0.393 e. The average molecular weight is 213 g/mol. The largest absolute Gasteiger partial charge is 0.393 e. The highest BCUT2D eigenvalue weighted by molar-refractivity contribution is 7.99. The molecule has 5 nitrogen and oxygen atoms in total. The molecule has 0 amide bonds. The van der Waals surface area contributed by atoms with E-state index in [2.05, 4.69) is 4.98 Å². The third-order valence-corrected chi connectivity index (χ3v) is 3.58. The summed E-state index contributed by atoms with van der Waals surface area (Å²) in [6.45, 7) is 0. The maximum atomic E-state index is 11.4. The Bertz CT molecular complexity index is 445. The zero-order valence-corrected chi connectivity index (χ0v) is 8.34. The molecule has 0 saturated carbocycles. The summed E-state index contributed by atoms with van der Waals surface area (Å²) in [6.07, 6.45) is 3.49. The molecule has 1 aliphatic heterocycles. The first kappa shape index (κ1) is 9.39. The first-order valence-corrected chi connectivity index (χ1v) is 5.46. The lowest BCUT2D eigenvalue weighted by Gasteiger charge is -2.11. The van der Waals surface area contributed by atoms with Crippen molar-refractivity contribution < 1.29 is 0 Å². The highest BCUT2D eigenvalue weighted by Gasteiger charge is 2.18. The van der Waals surface area contributed by atoms with Crippen LogP contribution in [0.4, 0.5) is 5.69 Å². The van der Waals surface area contributed by atoms with Crippen molar-refractivity contribution in [2.45, 2.75) is 18.2 Å². The van der Waals surface area contributed by atoms with E-state index in [1.807, 2.05) is 0 Å². The topological polar surface area (TPSA) is 80.9 Å². The minimum absolute atomic E-state index is 0.0945. The van der Waals surface area contributed by atoms with E-state index < -0.39 is 5.56 Å². The van der Waals surface area contributed by atoms with Crippen LogP contribution >= 0.6 is 11.8 Å². The van der Waals surface area contributed by atoms with Gasteiger partial charge in [0, 0.05) is 6.20 Å². The van der Waals surface area contributed by atoms with Gasteiger partial charge in [-0.25, -0.2) is 4.79 Å². The van der Waals surface area contributed by atoms with Gasteiger partial charge in [0.25, 0.3) is 5.56 Å². The van der Waals surface area contributed by atoms with Crippen molar-refractivity contribution >= 4 is 17.4 Å². The fourth-order valence-corrected chi connectivity index (χ4v) is 2.75. The fourth-order valence-electron chi connectivity index (χ4n) is 1.49. The van der Waals surface area contributed by atoms with Gasteiger partial charge in [-0.1, -0.05) is 0 Å². The summed E-state index contributed by atoms with van der Waals surface area (Å²) in [5.41, 5.74) is 4.66.